The van der Waals surface area contributed by atoms with Crippen molar-refractivity contribution in [3.63, 3.8) is 0 Å². The summed E-state index contributed by atoms with van der Waals surface area (Å²) in [6.45, 7) is 2.09. The minimum Gasteiger partial charge on any atom is -0.468 e. The summed E-state index contributed by atoms with van der Waals surface area (Å²) >= 11 is 1.32. The fourth-order valence-corrected chi connectivity index (χ4v) is 4.07. The van der Waals surface area contributed by atoms with Gasteiger partial charge in [0, 0.05) is 12.0 Å². The summed E-state index contributed by atoms with van der Waals surface area (Å²) < 4.78 is 32.1. The van der Waals surface area contributed by atoms with E-state index >= 15 is 0 Å². The number of nitrogens with zero attached hydrogens (tertiary/aromatic N) is 2. The molecule has 0 aliphatic rings. The minimum atomic E-state index is -3.70. The Morgan fingerprint density at radius 2 is 1.96 bits per heavy atom. The number of carbonyl (C=O) groups is 1. The highest BCUT2D eigenvalue weighted by Crippen LogP contribution is 2.18. The fourth-order valence-electron chi connectivity index (χ4n) is 2.24. The van der Waals surface area contributed by atoms with Crippen LogP contribution in [0.1, 0.15) is 34.5 Å². The Morgan fingerprint density at radius 3 is 2.63 bits per heavy atom. The zero-order valence-electron chi connectivity index (χ0n) is 14.5. The molecule has 2 heterocycles. The predicted molar refractivity (Wildman–Crippen MR) is 101 cm³/mol. The van der Waals surface area contributed by atoms with E-state index in [4.69, 9.17) is 4.42 Å². The van der Waals surface area contributed by atoms with Crippen LogP contribution in [0.5, 0.6) is 0 Å². The molecule has 0 saturated carbocycles. The Morgan fingerprint density at radius 1 is 1.19 bits per heavy atom. The van der Waals surface area contributed by atoms with Crippen LogP contribution in [-0.2, 0) is 23.0 Å². The Labute approximate surface area is 160 Å². The monoisotopic (exact) mass is 406 g/mol. The van der Waals surface area contributed by atoms with Gasteiger partial charge in [0.25, 0.3) is 5.91 Å². The number of aromatic nitrogens is 2. The first-order valence-electron chi connectivity index (χ1n) is 8.24. The molecule has 1 amide bonds. The summed E-state index contributed by atoms with van der Waals surface area (Å²) in [7, 11) is -3.70. The van der Waals surface area contributed by atoms with E-state index in [1.807, 2.05) is 6.92 Å². The number of aryl methyl sites for hydroxylation is 1. The van der Waals surface area contributed by atoms with Crippen LogP contribution in [0.25, 0.3) is 0 Å². The van der Waals surface area contributed by atoms with Crippen molar-refractivity contribution in [1.82, 2.24) is 14.9 Å². The highest BCUT2D eigenvalue weighted by Gasteiger charge is 2.16. The largest absolute Gasteiger partial charge is 0.468 e. The number of anilines is 1. The maximum Gasteiger partial charge on any atom is 0.257 e. The van der Waals surface area contributed by atoms with Crippen LogP contribution >= 0.6 is 11.3 Å². The first kappa shape index (κ1) is 19.2. The molecule has 0 radical (unpaired) electrons. The molecule has 2 N–H and O–H groups in total. The Bertz CT molecular complexity index is 996. The van der Waals surface area contributed by atoms with Gasteiger partial charge >= 0.3 is 0 Å². The normalized spacial score (nSPS) is 11.4. The van der Waals surface area contributed by atoms with Gasteiger partial charge < -0.3 is 4.42 Å². The van der Waals surface area contributed by atoms with Crippen LogP contribution in [0.3, 0.4) is 0 Å². The predicted octanol–water partition coefficient (Wildman–Crippen LogP) is 2.81. The number of sulfonamides is 1. The molecule has 8 nitrogen and oxygen atoms in total. The van der Waals surface area contributed by atoms with E-state index in [0.29, 0.717) is 16.5 Å². The van der Waals surface area contributed by atoms with E-state index in [1.54, 1.807) is 12.1 Å². The van der Waals surface area contributed by atoms with Gasteiger partial charge in [0.1, 0.15) is 10.8 Å². The maximum absolute atomic E-state index is 12.3. The van der Waals surface area contributed by atoms with Crippen molar-refractivity contribution < 1.29 is 17.6 Å². The Balaban J connectivity index is 1.63. The molecule has 0 bridgehead atoms. The second-order valence-corrected chi connectivity index (χ2v) is 8.46. The third-order valence-electron chi connectivity index (χ3n) is 3.59. The van der Waals surface area contributed by atoms with E-state index in [9.17, 15) is 13.2 Å². The molecule has 142 valence electrons. The molecule has 0 aliphatic heterocycles. The topological polar surface area (TPSA) is 114 Å². The van der Waals surface area contributed by atoms with Crippen molar-refractivity contribution in [2.24, 2.45) is 0 Å². The van der Waals surface area contributed by atoms with Crippen molar-refractivity contribution in [1.29, 1.82) is 0 Å². The van der Waals surface area contributed by atoms with Crippen molar-refractivity contribution >= 4 is 32.4 Å². The van der Waals surface area contributed by atoms with Gasteiger partial charge in [-0.15, -0.1) is 10.2 Å². The molecule has 3 rings (SSSR count). The van der Waals surface area contributed by atoms with Crippen molar-refractivity contribution in [2.75, 3.05) is 5.32 Å². The van der Waals surface area contributed by atoms with Gasteiger partial charge in [-0.2, -0.15) is 0 Å². The summed E-state index contributed by atoms with van der Waals surface area (Å²) in [5.41, 5.74) is 0.326. The molecular formula is C17H18N4O4S2. The number of nitrogens with one attached hydrogen (secondary N) is 2. The summed E-state index contributed by atoms with van der Waals surface area (Å²) in [5, 5.41) is 11.9. The van der Waals surface area contributed by atoms with Gasteiger partial charge in [0.05, 0.1) is 17.7 Å². The Hall–Kier alpha value is -2.56. The second kappa shape index (κ2) is 8.42. The minimum absolute atomic E-state index is 0.0503. The van der Waals surface area contributed by atoms with Crippen LogP contribution < -0.4 is 10.0 Å². The van der Waals surface area contributed by atoms with Crippen LogP contribution in [0, 0.1) is 0 Å². The molecular weight excluding hydrogens is 388 g/mol. The van der Waals surface area contributed by atoms with E-state index in [2.05, 4.69) is 20.2 Å². The third-order valence-corrected chi connectivity index (χ3v) is 5.91. The lowest BCUT2D eigenvalue weighted by molar-refractivity contribution is 0.102. The summed E-state index contributed by atoms with van der Waals surface area (Å²) in [4.78, 5) is 12.3. The first-order valence-corrected chi connectivity index (χ1v) is 10.5. The summed E-state index contributed by atoms with van der Waals surface area (Å²) in [6, 6.07) is 9.01. The number of furan rings is 1. The standard InChI is InChI=1S/C17H18N4O4S2/c1-2-4-15-20-21-17(26-15)19-16(22)12-6-8-14(9-7-12)27(23,24)18-11-13-5-3-10-25-13/h3,5-10,18H,2,4,11H2,1H3,(H,19,21,22). The zero-order valence-corrected chi connectivity index (χ0v) is 16.1. The van der Waals surface area contributed by atoms with Gasteiger partial charge in [0.2, 0.25) is 15.2 Å². The van der Waals surface area contributed by atoms with Crippen LogP contribution in [0.4, 0.5) is 5.13 Å². The summed E-state index contributed by atoms with van der Waals surface area (Å²) in [6.07, 6.45) is 3.23. The molecule has 0 fully saturated rings. The van der Waals surface area contributed by atoms with Crippen molar-refractivity contribution in [3.05, 3.63) is 59.0 Å². The van der Waals surface area contributed by atoms with Crippen LogP contribution in [-0.4, -0.2) is 24.5 Å². The number of hydrogen-bond donors (Lipinski definition) is 2. The molecule has 27 heavy (non-hydrogen) atoms. The molecule has 3 aromatic rings. The Kier molecular flexibility index (Phi) is 5.99. The van der Waals surface area contributed by atoms with E-state index in [1.165, 1.54) is 41.9 Å². The van der Waals surface area contributed by atoms with E-state index in [0.717, 1.165) is 17.8 Å². The van der Waals surface area contributed by atoms with Gasteiger partial charge in [-0.25, -0.2) is 13.1 Å². The lowest BCUT2D eigenvalue weighted by atomic mass is 10.2. The van der Waals surface area contributed by atoms with Crippen molar-refractivity contribution in [2.45, 2.75) is 31.2 Å². The smallest absolute Gasteiger partial charge is 0.257 e. The zero-order chi connectivity index (χ0) is 19.3. The second-order valence-electron chi connectivity index (χ2n) is 5.63. The number of rotatable bonds is 8. The average molecular weight is 406 g/mol. The molecule has 0 spiro atoms. The fraction of sp³-hybridized carbons (Fsp3) is 0.235. The van der Waals surface area contributed by atoms with Crippen molar-refractivity contribution in [3.8, 4) is 0 Å². The number of carbonyl (C=O) groups excluding carboxylic acids is 1. The molecule has 0 atom stereocenters. The number of hydrogen-bond acceptors (Lipinski definition) is 7. The van der Waals surface area contributed by atoms with Gasteiger partial charge in [-0.1, -0.05) is 18.3 Å². The molecule has 10 heteroatoms. The molecule has 2 aromatic heterocycles. The molecule has 0 unspecified atom stereocenters. The summed E-state index contributed by atoms with van der Waals surface area (Å²) in [5.74, 6) is 0.135. The lowest BCUT2D eigenvalue weighted by Crippen LogP contribution is -2.23. The maximum atomic E-state index is 12.3. The van der Waals surface area contributed by atoms with Crippen LogP contribution in [0.15, 0.2) is 52.0 Å². The molecule has 0 saturated heterocycles. The average Bonchev–Trinajstić information content (AvgIpc) is 3.33. The SMILES string of the molecule is CCCc1nnc(NC(=O)c2ccc(S(=O)(=O)NCc3ccco3)cc2)s1. The van der Waals surface area contributed by atoms with E-state index < -0.39 is 10.0 Å². The third kappa shape index (κ3) is 5.00. The first-order chi connectivity index (χ1) is 13.0. The molecule has 0 aliphatic carbocycles. The number of amides is 1. The quantitative estimate of drug-likeness (QED) is 0.594. The van der Waals surface area contributed by atoms with Gasteiger partial charge in [-0.3, -0.25) is 10.1 Å². The molecule has 1 aromatic carbocycles. The highest BCUT2D eigenvalue weighted by molar-refractivity contribution is 7.89. The van der Waals surface area contributed by atoms with E-state index in [-0.39, 0.29) is 17.3 Å². The highest BCUT2D eigenvalue weighted by atomic mass is 32.2. The van der Waals surface area contributed by atoms with Crippen LogP contribution in [0.2, 0.25) is 0 Å². The van der Waals surface area contributed by atoms with Gasteiger partial charge in [0.15, 0.2) is 0 Å². The lowest BCUT2D eigenvalue weighted by Gasteiger charge is -2.06. The van der Waals surface area contributed by atoms with Gasteiger partial charge in [-0.05, 0) is 42.8 Å². The number of benzene rings is 1.